The first-order valence-electron chi connectivity index (χ1n) is 6.69. The Hall–Kier alpha value is -1.44. The Morgan fingerprint density at radius 1 is 1.33 bits per heavy atom. The predicted octanol–water partition coefficient (Wildman–Crippen LogP) is 1.33. The molecule has 112 valence electrons. The zero-order valence-corrected chi connectivity index (χ0v) is 13.0. The van der Waals surface area contributed by atoms with Crippen molar-refractivity contribution in [1.82, 2.24) is 4.90 Å². The van der Waals surface area contributed by atoms with Crippen LogP contribution in [-0.4, -0.2) is 37.6 Å². The van der Waals surface area contributed by atoms with Gasteiger partial charge in [0, 0.05) is 24.2 Å². The lowest BCUT2D eigenvalue weighted by Gasteiger charge is -2.15. The number of thiophene rings is 1. The van der Waals surface area contributed by atoms with Gasteiger partial charge in [0.2, 0.25) is 15.9 Å². The van der Waals surface area contributed by atoms with Crippen LogP contribution in [-0.2, 0) is 21.2 Å². The molecular weight excluding hydrogens is 308 g/mol. The molecule has 2 N–H and O–H groups in total. The first kappa shape index (κ1) is 14.5. The number of primary sulfonamides is 1. The molecule has 1 atom stereocenters. The average Bonchev–Trinajstić information content (AvgIpc) is 3.00. The zero-order valence-electron chi connectivity index (χ0n) is 11.4. The van der Waals surface area contributed by atoms with E-state index in [0.29, 0.717) is 6.54 Å². The standard InChI is InChI=1S/C14H16N2O3S2/c15-21(18,19)11-7-14(17)16(8-11)6-5-10-9-20-13-4-2-1-3-12(10)13/h1-4,9,11H,5-8H2,(H2,15,18,19). The third-order valence-corrected chi connectivity index (χ3v) is 6.11. The molecular formula is C14H16N2O3S2. The lowest BCUT2D eigenvalue weighted by atomic mass is 10.1. The zero-order chi connectivity index (χ0) is 15.0. The van der Waals surface area contributed by atoms with E-state index in [2.05, 4.69) is 17.5 Å². The van der Waals surface area contributed by atoms with Gasteiger partial charge in [-0.2, -0.15) is 0 Å². The number of sulfonamides is 1. The second-order valence-electron chi connectivity index (χ2n) is 5.26. The molecule has 5 nitrogen and oxygen atoms in total. The molecule has 21 heavy (non-hydrogen) atoms. The molecule has 1 unspecified atom stereocenters. The van der Waals surface area contributed by atoms with E-state index in [4.69, 9.17) is 5.14 Å². The summed E-state index contributed by atoms with van der Waals surface area (Å²) in [6, 6.07) is 8.14. The molecule has 1 aromatic heterocycles. The summed E-state index contributed by atoms with van der Waals surface area (Å²) in [5, 5.41) is 7.67. The van der Waals surface area contributed by atoms with Gasteiger partial charge in [-0.1, -0.05) is 18.2 Å². The van der Waals surface area contributed by atoms with Crippen molar-refractivity contribution in [2.24, 2.45) is 5.14 Å². The Kier molecular flexibility index (Phi) is 3.73. The Labute approximate surface area is 127 Å². The molecule has 1 saturated heterocycles. The van der Waals surface area contributed by atoms with Crippen LogP contribution in [0.5, 0.6) is 0 Å². The third-order valence-electron chi connectivity index (χ3n) is 3.86. The van der Waals surface area contributed by atoms with Crippen LogP contribution in [0.15, 0.2) is 29.6 Å². The minimum absolute atomic E-state index is 0.00319. The van der Waals surface area contributed by atoms with Gasteiger partial charge in [-0.25, -0.2) is 13.6 Å². The molecule has 1 aliphatic heterocycles. The molecule has 1 aromatic carbocycles. The van der Waals surface area contributed by atoms with E-state index in [9.17, 15) is 13.2 Å². The Balaban J connectivity index is 1.70. The van der Waals surface area contributed by atoms with Gasteiger partial charge in [-0.15, -0.1) is 11.3 Å². The minimum atomic E-state index is -3.64. The highest BCUT2D eigenvalue weighted by Gasteiger charge is 2.36. The van der Waals surface area contributed by atoms with Gasteiger partial charge in [0.05, 0.1) is 0 Å². The van der Waals surface area contributed by atoms with E-state index in [1.807, 2.05) is 12.1 Å². The van der Waals surface area contributed by atoms with Crippen LogP contribution in [0.25, 0.3) is 10.1 Å². The van der Waals surface area contributed by atoms with Gasteiger partial charge >= 0.3 is 0 Å². The fourth-order valence-corrected chi connectivity index (χ4v) is 4.41. The second kappa shape index (κ2) is 5.40. The average molecular weight is 324 g/mol. The fourth-order valence-electron chi connectivity index (χ4n) is 2.65. The molecule has 2 heterocycles. The second-order valence-corrected chi connectivity index (χ2v) is 8.02. The van der Waals surface area contributed by atoms with Crippen molar-refractivity contribution in [3.8, 4) is 0 Å². The van der Waals surface area contributed by atoms with E-state index in [0.717, 1.165) is 6.42 Å². The van der Waals surface area contributed by atoms with E-state index in [-0.39, 0.29) is 18.9 Å². The maximum absolute atomic E-state index is 11.9. The quantitative estimate of drug-likeness (QED) is 0.921. The molecule has 0 spiro atoms. The van der Waals surface area contributed by atoms with Crippen LogP contribution in [0.2, 0.25) is 0 Å². The largest absolute Gasteiger partial charge is 0.341 e. The molecule has 0 saturated carbocycles. The van der Waals surface area contributed by atoms with Crippen molar-refractivity contribution in [1.29, 1.82) is 0 Å². The lowest BCUT2D eigenvalue weighted by Crippen LogP contribution is -2.33. The third kappa shape index (κ3) is 2.95. The van der Waals surface area contributed by atoms with Crippen LogP contribution in [0.1, 0.15) is 12.0 Å². The summed E-state index contributed by atoms with van der Waals surface area (Å²) in [7, 11) is -3.64. The van der Waals surface area contributed by atoms with Gasteiger partial charge in [0.1, 0.15) is 5.25 Å². The topological polar surface area (TPSA) is 80.5 Å². The normalized spacial score (nSPS) is 19.6. The van der Waals surface area contributed by atoms with E-state index >= 15 is 0 Å². The number of benzene rings is 1. The number of rotatable bonds is 4. The van der Waals surface area contributed by atoms with Gasteiger partial charge in [0.15, 0.2) is 0 Å². The number of hydrogen-bond acceptors (Lipinski definition) is 4. The summed E-state index contributed by atoms with van der Waals surface area (Å²) in [4.78, 5) is 13.5. The van der Waals surface area contributed by atoms with E-state index in [1.165, 1.54) is 15.6 Å². The number of carbonyl (C=O) groups is 1. The first-order valence-corrected chi connectivity index (χ1v) is 9.18. The summed E-state index contributed by atoms with van der Waals surface area (Å²) >= 11 is 1.68. The Bertz CT molecular complexity index is 782. The summed E-state index contributed by atoms with van der Waals surface area (Å²) in [5.41, 5.74) is 1.20. The smallest absolute Gasteiger partial charge is 0.224 e. The SMILES string of the molecule is NS(=O)(=O)C1CC(=O)N(CCc2csc3ccccc23)C1. The number of hydrogen-bond donors (Lipinski definition) is 1. The van der Waals surface area contributed by atoms with Crippen LogP contribution in [0.4, 0.5) is 0 Å². The molecule has 1 fully saturated rings. The van der Waals surface area contributed by atoms with Crippen LogP contribution >= 0.6 is 11.3 Å². The predicted molar refractivity (Wildman–Crippen MR) is 83.6 cm³/mol. The first-order chi connectivity index (χ1) is 9.95. The highest BCUT2D eigenvalue weighted by molar-refractivity contribution is 7.89. The molecule has 0 radical (unpaired) electrons. The number of amides is 1. The fraction of sp³-hybridized carbons (Fsp3) is 0.357. The molecule has 1 amide bonds. The van der Waals surface area contributed by atoms with Crippen LogP contribution in [0, 0.1) is 0 Å². The maximum atomic E-state index is 11.9. The summed E-state index contributed by atoms with van der Waals surface area (Å²) in [6.45, 7) is 0.741. The van der Waals surface area contributed by atoms with Crippen molar-refractivity contribution in [3.05, 3.63) is 35.2 Å². The number of likely N-dealkylation sites (tertiary alicyclic amines) is 1. The van der Waals surface area contributed by atoms with Crippen molar-refractivity contribution in [2.45, 2.75) is 18.1 Å². The van der Waals surface area contributed by atoms with Gasteiger partial charge in [-0.3, -0.25) is 4.79 Å². The van der Waals surface area contributed by atoms with Gasteiger partial charge in [0.25, 0.3) is 0 Å². The number of fused-ring (bicyclic) bond motifs is 1. The highest BCUT2D eigenvalue weighted by atomic mass is 32.2. The lowest BCUT2D eigenvalue weighted by molar-refractivity contribution is -0.127. The van der Waals surface area contributed by atoms with Crippen molar-refractivity contribution >= 4 is 37.4 Å². The highest BCUT2D eigenvalue weighted by Crippen LogP contribution is 2.26. The van der Waals surface area contributed by atoms with Crippen LogP contribution < -0.4 is 5.14 Å². The molecule has 0 aliphatic carbocycles. The van der Waals surface area contributed by atoms with Gasteiger partial charge in [-0.05, 0) is 28.8 Å². The van der Waals surface area contributed by atoms with Crippen LogP contribution in [0.3, 0.4) is 0 Å². The minimum Gasteiger partial charge on any atom is -0.341 e. The monoisotopic (exact) mass is 324 g/mol. The maximum Gasteiger partial charge on any atom is 0.224 e. The molecule has 0 bridgehead atoms. The van der Waals surface area contributed by atoms with Gasteiger partial charge < -0.3 is 4.90 Å². The Morgan fingerprint density at radius 3 is 2.81 bits per heavy atom. The van der Waals surface area contributed by atoms with E-state index in [1.54, 1.807) is 16.2 Å². The van der Waals surface area contributed by atoms with Crippen molar-refractivity contribution < 1.29 is 13.2 Å². The number of carbonyl (C=O) groups excluding carboxylic acids is 1. The summed E-state index contributed by atoms with van der Waals surface area (Å²) in [6.07, 6.45) is 0.732. The summed E-state index contributed by atoms with van der Waals surface area (Å²) in [5.74, 6) is -0.131. The Morgan fingerprint density at radius 2 is 2.10 bits per heavy atom. The summed E-state index contributed by atoms with van der Waals surface area (Å²) < 4.78 is 23.9. The van der Waals surface area contributed by atoms with Crippen molar-refractivity contribution in [2.75, 3.05) is 13.1 Å². The molecule has 2 aromatic rings. The molecule has 7 heteroatoms. The molecule has 3 rings (SSSR count). The number of nitrogens with zero attached hydrogens (tertiary/aromatic N) is 1. The molecule has 1 aliphatic rings. The number of nitrogens with two attached hydrogens (primary N) is 1. The van der Waals surface area contributed by atoms with Crippen molar-refractivity contribution in [3.63, 3.8) is 0 Å². The van der Waals surface area contributed by atoms with E-state index < -0.39 is 15.3 Å².